The van der Waals surface area contributed by atoms with E-state index < -0.39 is 5.54 Å². The van der Waals surface area contributed by atoms with Gasteiger partial charge in [0.2, 0.25) is 11.8 Å². The van der Waals surface area contributed by atoms with Crippen molar-refractivity contribution in [2.24, 2.45) is 11.8 Å². The zero-order valence-electron chi connectivity index (χ0n) is 12.7. The molecule has 0 aromatic carbocycles. The first-order chi connectivity index (χ1) is 8.74. The van der Waals surface area contributed by atoms with Gasteiger partial charge in [-0.3, -0.25) is 9.59 Å². The molecule has 3 unspecified atom stereocenters. The van der Waals surface area contributed by atoms with Crippen LogP contribution in [0.15, 0.2) is 0 Å². The van der Waals surface area contributed by atoms with Crippen LogP contribution in [-0.4, -0.2) is 34.3 Å². The number of carbonyl (C=O) groups is 2. The number of nitrogens with one attached hydrogen (secondary N) is 1. The third-order valence-corrected chi connectivity index (χ3v) is 4.47. The van der Waals surface area contributed by atoms with E-state index in [1.54, 1.807) is 13.8 Å². The molecule has 0 aromatic heterocycles. The number of hydrogen-bond acceptors (Lipinski definition) is 2. The zero-order chi connectivity index (χ0) is 14.4. The number of amides is 2. The van der Waals surface area contributed by atoms with Crippen LogP contribution in [0.4, 0.5) is 0 Å². The van der Waals surface area contributed by atoms with Crippen molar-refractivity contribution in [1.29, 1.82) is 0 Å². The molecule has 1 N–H and O–H groups in total. The fourth-order valence-electron chi connectivity index (χ4n) is 3.46. The largest absolute Gasteiger partial charge is 0.340 e. The molecule has 0 aromatic rings. The number of carbonyl (C=O) groups excluding carboxylic acids is 2. The van der Waals surface area contributed by atoms with Crippen LogP contribution in [0.2, 0.25) is 0 Å². The van der Waals surface area contributed by atoms with Crippen molar-refractivity contribution in [2.45, 2.75) is 71.5 Å². The third-order valence-electron chi connectivity index (χ3n) is 4.47. The highest BCUT2D eigenvalue weighted by atomic mass is 16.2. The quantitative estimate of drug-likeness (QED) is 0.830. The van der Waals surface area contributed by atoms with Gasteiger partial charge < -0.3 is 10.2 Å². The smallest absolute Gasteiger partial charge is 0.248 e. The lowest BCUT2D eigenvalue weighted by Gasteiger charge is -2.47. The van der Waals surface area contributed by atoms with E-state index in [1.807, 2.05) is 18.7 Å². The van der Waals surface area contributed by atoms with Crippen LogP contribution >= 0.6 is 0 Å². The number of piperazine rings is 1. The highest BCUT2D eigenvalue weighted by Crippen LogP contribution is 2.34. The Labute approximate surface area is 115 Å². The molecule has 4 nitrogen and oxygen atoms in total. The van der Waals surface area contributed by atoms with Gasteiger partial charge in [-0.25, -0.2) is 0 Å². The fourth-order valence-corrected chi connectivity index (χ4v) is 3.46. The molecular formula is C15H26N2O2. The monoisotopic (exact) mass is 266 g/mol. The maximum atomic E-state index is 12.7. The Kier molecular flexibility index (Phi) is 3.63. The summed E-state index contributed by atoms with van der Waals surface area (Å²) in [6.07, 6.45) is 3.21. The van der Waals surface area contributed by atoms with Gasteiger partial charge in [0.15, 0.2) is 0 Å². The molecule has 3 atom stereocenters. The minimum atomic E-state index is -0.770. The van der Waals surface area contributed by atoms with Crippen molar-refractivity contribution in [3.8, 4) is 0 Å². The average Bonchev–Trinajstić information content (AvgIpc) is 2.68. The summed E-state index contributed by atoms with van der Waals surface area (Å²) in [6.45, 7) is 9.86. The lowest BCUT2D eigenvalue weighted by Crippen LogP contribution is -2.70. The van der Waals surface area contributed by atoms with Crippen LogP contribution in [-0.2, 0) is 9.59 Å². The minimum Gasteiger partial charge on any atom is -0.340 e. The SMILES string of the molecule is CC1CCC(N2C(=O)C(C)(C)NC(=O)C2C(C)C)C1. The highest BCUT2D eigenvalue weighted by molar-refractivity contribution is 5.99. The first kappa shape index (κ1) is 14.4. The maximum absolute atomic E-state index is 12.7. The Hall–Kier alpha value is -1.06. The summed E-state index contributed by atoms with van der Waals surface area (Å²) in [5.74, 6) is 0.874. The Balaban J connectivity index is 2.32. The standard InChI is InChI=1S/C15H26N2O2/c1-9(2)12-13(18)16-15(4,5)14(19)17(12)11-7-6-10(3)8-11/h9-12H,6-8H2,1-5H3,(H,16,18). The van der Waals surface area contributed by atoms with E-state index in [9.17, 15) is 9.59 Å². The van der Waals surface area contributed by atoms with Crippen molar-refractivity contribution in [2.75, 3.05) is 0 Å². The fraction of sp³-hybridized carbons (Fsp3) is 0.867. The Morgan fingerprint density at radius 2 is 1.89 bits per heavy atom. The minimum absolute atomic E-state index is 0.000784. The highest BCUT2D eigenvalue weighted by Gasteiger charge is 2.49. The molecule has 2 amide bonds. The Morgan fingerprint density at radius 1 is 1.26 bits per heavy atom. The molecule has 19 heavy (non-hydrogen) atoms. The lowest BCUT2D eigenvalue weighted by molar-refractivity contribution is -0.158. The molecule has 1 saturated carbocycles. The van der Waals surface area contributed by atoms with E-state index in [2.05, 4.69) is 12.2 Å². The first-order valence-corrected chi connectivity index (χ1v) is 7.39. The van der Waals surface area contributed by atoms with Crippen molar-refractivity contribution in [3.63, 3.8) is 0 Å². The van der Waals surface area contributed by atoms with Gasteiger partial charge in [-0.2, -0.15) is 0 Å². The molecule has 2 rings (SSSR count). The second-order valence-corrected chi connectivity index (χ2v) is 7.09. The van der Waals surface area contributed by atoms with Crippen LogP contribution in [0.25, 0.3) is 0 Å². The van der Waals surface area contributed by atoms with Gasteiger partial charge >= 0.3 is 0 Å². The third kappa shape index (κ3) is 2.49. The van der Waals surface area contributed by atoms with Crippen LogP contribution in [0.3, 0.4) is 0 Å². The van der Waals surface area contributed by atoms with E-state index in [0.717, 1.165) is 19.3 Å². The summed E-state index contributed by atoms with van der Waals surface area (Å²) >= 11 is 0. The van der Waals surface area contributed by atoms with Gasteiger partial charge in [0.05, 0.1) is 0 Å². The topological polar surface area (TPSA) is 49.4 Å². The van der Waals surface area contributed by atoms with Gasteiger partial charge in [0.25, 0.3) is 0 Å². The molecule has 1 saturated heterocycles. The maximum Gasteiger partial charge on any atom is 0.248 e. The summed E-state index contributed by atoms with van der Waals surface area (Å²) in [5, 5.41) is 2.87. The summed E-state index contributed by atoms with van der Waals surface area (Å²) < 4.78 is 0. The van der Waals surface area contributed by atoms with Gasteiger partial charge in [-0.1, -0.05) is 20.8 Å². The van der Waals surface area contributed by atoms with Gasteiger partial charge in [-0.15, -0.1) is 0 Å². The normalized spacial score (nSPS) is 34.8. The predicted molar refractivity (Wildman–Crippen MR) is 74.5 cm³/mol. The van der Waals surface area contributed by atoms with Crippen molar-refractivity contribution >= 4 is 11.8 Å². The summed E-state index contributed by atoms with van der Waals surface area (Å²) in [4.78, 5) is 26.9. The molecule has 2 aliphatic rings. The second kappa shape index (κ2) is 4.80. The zero-order valence-corrected chi connectivity index (χ0v) is 12.7. The van der Waals surface area contributed by atoms with E-state index in [0.29, 0.717) is 5.92 Å². The summed E-state index contributed by atoms with van der Waals surface area (Å²) in [5.41, 5.74) is -0.770. The molecule has 1 heterocycles. The number of nitrogens with zero attached hydrogens (tertiary/aromatic N) is 1. The summed E-state index contributed by atoms with van der Waals surface area (Å²) in [6, 6.07) is -0.0731. The lowest BCUT2D eigenvalue weighted by atomic mass is 9.89. The average molecular weight is 266 g/mol. The van der Waals surface area contributed by atoms with E-state index >= 15 is 0 Å². The molecule has 4 heteroatoms. The number of hydrogen-bond donors (Lipinski definition) is 1. The molecular weight excluding hydrogens is 240 g/mol. The molecule has 2 fully saturated rings. The van der Waals surface area contributed by atoms with Gasteiger partial charge in [-0.05, 0) is 44.9 Å². The molecule has 0 radical (unpaired) electrons. The van der Waals surface area contributed by atoms with Crippen LogP contribution in [0.5, 0.6) is 0 Å². The molecule has 0 bridgehead atoms. The molecule has 1 aliphatic heterocycles. The number of rotatable bonds is 2. The van der Waals surface area contributed by atoms with Gasteiger partial charge in [0.1, 0.15) is 11.6 Å². The Bertz CT molecular complexity index is 390. The van der Waals surface area contributed by atoms with Crippen LogP contribution < -0.4 is 5.32 Å². The predicted octanol–water partition coefficient (Wildman–Crippen LogP) is 1.94. The van der Waals surface area contributed by atoms with Gasteiger partial charge in [0, 0.05) is 6.04 Å². The van der Waals surface area contributed by atoms with Crippen molar-refractivity contribution in [3.05, 3.63) is 0 Å². The van der Waals surface area contributed by atoms with E-state index in [1.165, 1.54) is 0 Å². The van der Waals surface area contributed by atoms with Crippen LogP contribution in [0, 0.1) is 11.8 Å². The molecule has 1 aliphatic carbocycles. The van der Waals surface area contributed by atoms with E-state index in [-0.39, 0.29) is 29.8 Å². The van der Waals surface area contributed by atoms with Crippen molar-refractivity contribution in [1.82, 2.24) is 10.2 Å². The molecule has 108 valence electrons. The van der Waals surface area contributed by atoms with Crippen molar-refractivity contribution < 1.29 is 9.59 Å². The second-order valence-electron chi connectivity index (χ2n) is 7.09. The Morgan fingerprint density at radius 3 is 2.37 bits per heavy atom. The molecule has 0 spiro atoms. The first-order valence-electron chi connectivity index (χ1n) is 7.39. The summed E-state index contributed by atoms with van der Waals surface area (Å²) in [7, 11) is 0. The van der Waals surface area contributed by atoms with Crippen LogP contribution in [0.1, 0.15) is 53.9 Å². The van der Waals surface area contributed by atoms with E-state index in [4.69, 9.17) is 0 Å².